The van der Waals surface area contributed by atoms with E-state index >= 15 is 0 Å². The molecule has 0 saturated heterocycles. The van der Waals surface area contributed by atoms with Crippen LogP contribution >= 0.6 is 11.8 Å². The second-order valence-corrected chi connectivity index (χ2v) is 10.0. The number of carbonyl (C=O) groups is 1. The van der Waals surface area contributed by atoms with Crippen LogP contribution in [0.4, 0.5) is 5.69 Å². The number of nitrogens with zero attached hydrogens (tertiary/aromatic N) is 2. The van der Waals surface area contributed by atoms with Crippen LogP contribution in [0.15, 0.2) is 83.9 Å². The van der Waals surface area contributed by atoms with Crippen molar-refractivity contribution >= 4 is 23.4 Å². The average Bonchev–Trinajstić information content (AvgIpc) is 2.84. The summed E-state index contributed by atoms with van der Waals surface area (Å²) in [6.45, 7) is 7.89. The molecule has 5 heteroatoms. The van der Waals surface area contributed by atoms with Crippen LogP contribution in [0.5, 0.6) is 0 Å². The van der Waals surface area contributed by atoms with Gasteiger partial charge in [-0.05, 0) is 62.6 Å². The third-order valence-electron chi connectivity index (χ3n) is 5.68. The number of thioether (sulfide) groups is 1. The highest BCUT2D eigenvalue weighted by molar-refractivity contribution is 8.00. The molecular weight excluding hydrogens is 450 g/mol. The minimum Gasteiger partial charge on any atom is -0.325 e. The Hall–Kier alpha value is -3.88. The number of aromatic nitrogens is 1. The molecule has 4 aromatic rings. The molecule has 4 nitrogen and oxygen atoms in total. The number of aryl methyl sites for hydroxylation is 3. The van der Waals surface area contributed by atoms with Crippen LogP contribution in [-0.4, -0.2) is 16.1 Å². The van der Waals surface area contributed by atoms with Gasteiger partial charge in [0.25, 0.3) is 0 Å². The summed E-state index contributed by atoms with van der Waals surface area (Å²) >= 11 is 1.31. The van der Waals surface area contributed by atoms with Gasteiger partial charge in [-0.1, -0.05) is 78.0 Å². The zero-order valence-electron chi connectivity index (χ0n) is 20.3. The monoisotopic (exact) mass is 477 g/mol. The highest BCUT2D eigenvalue weighted by Crippen LogP contribution is 2.36. The minimum atomic E-state index is -0.452. The molecule has 1 unspecified atom stereocenters. The number of benzene rings is 3. The van der Waals surface area contributed by atoms with Gasteiger partial charge in [-0.15, -0.1) is 0 Å². The second kappa shape index (κ2) is 10.6. The van der Waals surface area contributed by atoms with Crippen molar-refractivity contribution in [3.63, 3.8) is 0 Å². The third-order valence-corrected chi connectivity index (χ3v) is 6.76. The summed E-state index contributed by atoms with van der Waals surface area (Å²) in [5.41, 5.74) is 8.06. The van der Waals surface area contributed by atoms with Gasteiger partial charge in [0.1, 0.15) is 11.1 Å². The quantitative estimate of drug-likeness (QED) is 0.295. The molecule has 1 N–H and O–H groups in total. The van der Waals surface area contributed by atoms with E-state index in [1.807, 2.05) is 100 Å². The van der Waals surface area contributed by atoms with E-state index in [1.165, 1.54) is 11.8 Å². The van der Waals surface area contributed by atoms with Crippen molar-refractivity contribution in [3.8, 4) is 28.5 Å². The lowest BCUT2D eigenvalue weighted by molar-refractivity contribution is -0.115. The Bertz CT molecular complexity index is 1390. The number of anilines is 1. The van der Waals surface area contributed by atoms with Gasteiger partial charge in [-0.25, -0.2) is 4.98 Å². The minimum absolute atomic E-state index is 0.132. The Balaban J connectivity index is 1.72. The average molecular weight is 478 g/mol. The first-order valence-electron chi connectivity index (χ1n) is 11.5. The van der Waals surface area contributed by atoms with Gasteiger partial charge >= 0.3 is 0 Å². The number of nitrogens with one attached hydrogen (secondary N) is 1. The molecular formula is C30H27N3OS. The highest BCUT2D eigenvalue weighted by atomic mass is 32.2. The van der Waals surface area contributed by atoms with E-state index in [0.717, 1.165) is 44.8 Å². The Morgan fingerprint density at radius 2 is 1.54 bits per heavy atom. The predicted molar refractivity (Wildman–Crippen MR) is 144 cm³/mol. The van der Waals surface area contributed by atoms with Crippen molar-refractivity contribution in [2.75, 3.05) is 5.32 Å². The topological polar surface area (TPSA) is 65.8 Å². The first kappa shape index (κ1) is 24.3. The molecule has 1 aromatic heterocycles. The van der Waals surface area contributed by atoms with Gasteiger partial charge in [0.15, 0.2) is 0 Å². The Morgan fingerprint density at radius 3 is 2.17 bits per heavy atom. The Labute approximate surface area is 211 Å². The van der Waals surface area contributed by atoms with Crippen molar-refractivity contribution in [2.45, 2.75) is 38.0 Å². The van der Waals surface area contributed by atoms with E-state index in [0.29, 0.717) is 10.6 Å². The standard InChI is InChI=1S/C30H27N3OS/c1-19-10-12-23(13-11-19)26-17-28(24-8-6-5-7-9-24)33-30(27(26)18-31)35-22(4)29(34)32-25-15-20(2)14-21(3)16-25/h5-17,22H,1-4H3,(H,32,34). The largest absolute Gasteiger partial charge is 0.325 e. The van der Waals surface area contributed by atoms with Gasteiger partial charge in [0, 0.05) is 16.8 Å². The SMILES string of the molecule is Cc1ccc(-c2cc(-c3ccccc3)nc(SC(C)C(=O)Nc3cc(C)cc(C)c3)c2C#N)cc1. The molecule has 0 aliphatic heterocycles. The van der Waals surface area contributed by atoms with Crippen molar-refractivity contribution < 1.29 is 4.79 Å². The van der Waals surface area contributed by atoms with Crippen LogP contribution in [-0.2, 0) is 4.79 Å². The normalized spacial score (nSPS) is 11.5. The van der Waals surface area contributed by atoms with Crippen molar-refractivity contribution in [1.82, 2.24) is 4.98 Å². The number of hydrogen-bond donors (Lipinski definition) is 1. The first-order chi connectivity index (χ1) is 16.8. The van der Waals surface area contributed by atoms with E-state index < -0.39 is 5.25 Å². The van der Waals surface area contributed by atoms with Gasteiger partial charge in [0.05, 0.1) is 16.5 Å². The van der Waals surface area contributed by atoms with Crippen molar-refractivity contribution in [1.29, 1.82) is 5.26 Å². The number of nitriles is 1. The summed E-state index contributed by atoms with van der Waals surface area (Å²) in [5.74, 6) is -0.132. The Kier molecular flexibility index (Phi) is 7.33. The molecule has 35 heavy (non-hydrogen) atoms. The number of pyridine rings is 1. The third kappa shape index (κ3) is 5.79. The van der Waals surface area contributed by atoms with Crippen LogP contribution in [0.2, 0.25) is 0 Å². The number of rotatable bonds is 6. The summed E-state index contributed by atoms with van der Waals surface area (Å²) in [6, 6.07) is 28.3. The summed E-state index contributed by atoms with van der Waals surface area (Å²) in [5, 5.41) is 13.2. The molecule has 0 aliphatic carbocycles. The van der Waals surface area contributed by atoms with Crippen LogP contribution in [0.1, 0.15) is 29.2 Å². The second-order valence-electron chi connectivity index (χ2n) is 8.70. The molecule has 4 rings (SSSR count). The summed E-state index contributed by atoms with van der Waals surface area (Å²) in [4.78, 5) is 17.9. The highest BCUT2D eigenvalue weighted by Gasteiger charge is 2.21. The predicted octanol–water partition coefficient (Wildman–Crippen LogP) is 7.33. The van der Waals surface area contributed by atoms with Gasteiger partial charge in [-0.3, -0.25) is 4.79 Å². The van der Waals surface area contributed by atoms with Gasteiger partial charge in [-0.2, -0.15) is 5.26 Å². The molecule has 3 aromatic carbocycles. The molecule has 174 valence electrons. The van der Waals surface area contributed by atoms with E-state index in [2.05, 4.69) is 17.5 Å². The molecule has 0 fully saturated rings. The summed E-state index contributed by atoms with van der Waals surface area (Å²) in [7, 11) is 0. The van der Waals surface area contributed by atoms with Crippen molar-refractivity contribution in [2.24, 2.45) is 0 Å². The smallest absolute Gasteiger partial charge is 0.237 e. The lowest BCUT2D eigenvalue weighted by Crippen LogP contribution is -2.22. The van der Waals surface area contributed by atoms with E-state index in [1.54, 1.807) is 0 Å². The maximum Gasteiger partial charge on any atom is 0.237 e. The molecule has 0 radical (unpaired) electrons. The first-order valence-corrected chi connectivity index (χ1v) is 12.4. The number of amides is 1. The molecule has 0 saturated carbocycles. The van der Waals surface area contributed by atoms with Gasteiger partial charge in [0.2, 0.25) is 5.91 Å². The maximum absolute atomic E-state index is 13.0. The van der Waals surface area contributed by atoms with Crippen LogP contribution in [0.3, 0.4) is 0 Å². The molecule has 0 bridgehead atoms. The number of carbonyl (C=O) groups excluding carboxylic acids is 1. The van der Waals surface area contributed by atoms with Crippen LogP contribution in [0.25, 0.3) is 22.4 Å². The maximum atomic E-state index is 13.0. The fourth-order valence-corrected chi connectivity index (χ4v) is 4.87. The van der Waals surface area contributed by atoms with Gasteiger partial charge < -0.3 is 5.32 Å². The molecule has 1 heterocycles. The van der Waals surface area contributed by atoms with Crippen molar-refractivity contribution in [3.05, 3.63) is 101 Å². The number of hydrogen-bond acceptors (Lipinski definition) is 4. The van der Waals surface area contributed by atoms with E-state index in [4.69, 9.17) is 4.98 Å². The summed E-state index contributed by atoms with van der Waals surface area (Å²) in [6.07, 6.45) is 0. The zero-order chi connectivity index (χ0) is 24.9. The fourth-order valence-electron chi connectivity index (χ4n) is 3.94. The fraction of sp³-hybridized carbons (Fsp3) is 0.167. The molecule has 0 spiro atoms. The van der Waals surface area contributed by atoms with Crippen LogP contribution < -0.4 is 5.32 Å². The lowest BCUT2D eigenvalue weighted by Gasteiger charge is -2.16. The zero-order valence-corrected chi connectivity index (χ0v) is 21.1. The van der Waals surface area contributed by atoms with E-state index in [-0.39, 0.29) is 5.91 Å². The summed E-state index contributed by atoms with van der Waals surface area (Å²) < 4.78 is 0. The molecule has 1 amide bonds. The molecule has 1 atom stereocenters. The lowest BCUT2D eigenvalue weighted by atomic mass is 9.98. The Morgan fingerprint density at radius 1 is 0.886 bits per heavy atom. The van der Waals surface area contributed by atoms with Crippen LogP contribution in [0, 0.1) is 32.1 Å². The van der Waals surface area contributed by atoms with E-state index in [9.17, 15) is 10.1 Å². The molecule has 0 aliphatic rings.